The van der Waals surface area contributed by atoms with Gasteiger partial charge < -0.3 is 20.1 Å². The minimum absolute atomic E-state index is 0.390. The molecule has 0 aliphatic rings. The Bertz CT molecular complexity index is 921. The quantitative estimate of drug-likeness (QED) is 0.595. The Morgan fingerprint density at radius 2 is 1.73 bits per heavy atom. The number of halogens is 2. The van der Waals surface area contributed by atoms with Crippen LogP contribution in [0.2, 0.25) is 10.0 Å². The highest BCUT2D eigenvalue weighted by molar-refractivity contribution is 6.36. The number of ether oxygens (including phenoxy) is 2. The van der Waals surface area contributed by atoms with Gasteiger partial charge in [-0.1, -0.05) is 23.2 Å². The number of nitrogens with zero attached hydrogens (tertiary/aromatic N) is 2. The van der Waals surface area contributed by atoms with E-state index in [0.717, 1.165) is 5.69 Å². The predicted octanol–water partition coefficient (Wildman–Crippen LogP) is 5.29. The third-order valence-corrected chi connectivity index (χ3v) is 4.05. The summed E-state index contributed by atoms with van der Waals surface area (Å²) in [4.78, 5) is 8.64. The monoisotopic (exact) mass is 390 g/mol. The summed E-state index contributed by atoms with van der Waals surface area (Å²) in [5.74, 6) is 2.34. The van der Waals surface area contributed by atoms with Crippen molar-refractivity contribution in [2.45, 2.75) is 0 Å². The van der Waals surface area contributed by atoms with Crippen LogP contribution in [0.15, 0.2) is 48.7 Å². The van der Waals surface area contributed by atoms with E-state index in [1.54, 1.807) is 44.7 Å². The maximum atomic E-state index is 6.17. The number of aromatic nitrogens is 2. The Morgan fingerprint density at radius 1 is 0.885 bits per heavy atom. The zero-order valence-corrected chi connectivity index (χ0v) is 15.6. The molecule has 6 nitrogen and oxygen atoms in total. The molecule has 26 heavy (non-hydrogen) atoms. The molecule has 0 saturated heterocycles. The molecule has 1 aromatic heterocycles. The van der Waals surface area contributed by atoms with Gasteiger partial charge in [-0.2, -0.15) is 4.98 Å². The van der Waals surface area contributed by atoms with E-state index >= 15 is 0 Å². The lowest BCUT2D eigenvalue weighted by atomic mass is 10.2. The Hall–Kier alpha value is -2.70. The van der Waals surface area contributed by atoms with Crippen molar-refractivity contribution >= 4 is 46.3 Å². The molecule has 0 atom stereocenters. The van der Waals surface area contributed by atoms with Crippen LogP contribution in [0, 0.1) is 0 Å². The Morgan fingerprint density at radius 3 is 2.46 bits per heavy atom. The van der Waals surface area contributed by atoms with Crippen molar-refractivity contribution in [3.05, 3.63) is 58.7 Å². The average Bonchev–Trinajstić information content (AvgIpc) is 2.64. The van der Waals surface area contributed by atoms with Crippen LogP contribution in [0.5, 0.6) is 11.5 Å². The number of nitrogens with one attached hydrogen (secondary N) is 2. The van der Waals surface area contributed by atoms with Gasteiger partial charge in [0.1, 0.15) is 17.3 Å². The lowest BCUT2D eigenvalue weighted by molar-refractivity contribution is 0.405. The number of rotatable bonds is 6. The molecule has 3 aromatic rings. The van der Waals surface area contributed by atoms with Crippen molar-refractivity contribution in [1.29, 1.82) is 0 Å². The van der Waals surface area contributed by atoms with Crippen LogP contribution in [0.3, 0.4) is 0 Å². The van der Waals surface area contributed by atoms with Crippen molar-refractivity contribution in [2.24, 2.45) is 0 Å². The summed E-state index contributed by atoms with van der Waals surface area (Å²) >= 11 is 12.1. The summed E-state index contributed by atoms with van der Waals surface area (Å²) in [6.45, 7) is 0. The average molecular weight is 391 g/mol. The molecule has 0 aliphatic heterocycles. The molecule has 134 valence electrons. The highest BCUT2D eigenvalue weighted by Crippen LogP contribution is 2.31. The second kappa shape index (κ2) is 8.12. The molecular weight excluding hydrogens is 375 g/mol. The van der Waals surface area contributed by atoms with Crippen LogP contribution < -0.4 is 20.1 Å². The topological polar surface area (TPSA) is 68.3 Å². The first-order chi connectivity index (χ1) is 12.6. The zero-order valence-electron chi connectivity index (χ0n) is 14.1. The van der Waals surface area contributed by atoms with Crippen molar-refractivity contribution in [3.63, 3.8) is 0 Å². The minimum atomic E-state index is 0.390. The lowest BCUT2D eigenvalue weighted by Crippen LogP contribution is -2.02. The molecule has 0 spiro atoms. The maximum Gasteiger partial charge on any atom is 0.229 e. The van der Waals surface area contributed by atoms with Crippen LogP contribution in [-0.4, -0.2) is 24.2 Å². The second-order valence-corrected chi connectivity index (χ2v) is 6.05. The van der Waals surface area contributed by atoms with Crippen molar-refractivity contribution < 1.29 is 9.47 Å². The molecule has 0 radical (unpaired) electrons. The van der Waals surface area contributed by atoms with Crippen molar-refractivity contribution in [2.75, 3.05) is 24.9 Å². The van der Waals surface area contributed by atoms with Crippen LogP contribution in [-0.2, 0) is 0 Å². The highest BCUT2D eigenvalue weighted by Gasteiger charge is 2.08. The fourth-order valence-electron chi connectivity index (χ4n) is 2.25. The summed E-state index contributed by atoms with van der Waals surface area (Å²) in [7, 11) is 3.21. The van der Waals surface area contributed by atoms with Gasteiger partial charge in [-0.3, -0.25) is 0 Å². The molecular formula is C18H16Cl2N4O2. The summed E-state index contributed by atoms with van der Waals surface area (Å²) in [6.07, 6.45) is 1.63. The normalized spacial score (nSPS) is 10.3. The highest BCUT2D eigenvalue weighted by atomic mass is 35.5. The molecule has 0 fully saturated rings. The minimum Gasteiger partial charge on any atom is -0.497 e. The van der Waals surface area contributed by atoms with Crippen molar-refractivity contribution in [3.8, 4) is 11.5 Å². The molecule has 1 heterocycles. The summed E-state index contributed by atoms with van der Waals surface area (Å²) in [5, 5.41) is 7.30. The zero-order chi connectivity index (χ0) is 18.5. The molecule has 0 bridgehead atoms. The molecule has 0 amide bonds. The van der Waals surface area contributed by atoms with Gasteiger partial charge in [0.25, 0.3) is 0 Å². The van der Waals surface area contributed by atoms with E-state index in [4.69, 9.17) is 32.7 Å². The van der Waals surface area contributed by atoms with E-state index in [1.165, 1.54) is 0 Å². The first-order valence-electron chi connectivity index (χ1n) is 7.63. The summed E-state index contributed by atoms with van der Waals surface area (Å²) < 4.78 is 10.6. The van der Waals surface area contributed by atoms with Crippen molar-refractivity contribution in [1.82, 2.24) is 9.97 Å². The van der Waals surface area contributed by atoms with E-state index in [2.05, 4.69) is 20.6 Å². The first kappa shape index (κ1) is 18.1. The van der Waals surface area contributed by atoms with E-state index in [9.17, 15) is 0 Å². The van der Waals surface area contributed by atoms with Crippen LogP contribution >= 0.6 is 23.2 Å². The van der Waals surface area contributed by atoms with Gasteiger partial charge in [-0.15, -0.1) is 0 Å². The van der Waals surface area contributed by atoms with Gasteiger partial charge in [0.15, 0.2) is 0 Å². The largest absolute Gasteiger partial charge is 0.497 e. The van der Waals surface area contributed by atoms with Gasteiger partial charge in [0.05, 0.1) is 30.6 Å². The third-order valence-electron chi connectivity index (χ3n) is 3.50. The molecule has 2 N–H and O–H groups in total. The molecule has 2 aromatic carbocycles. The Balaban J connectivity index is 1.84. The smallest absolute Gasteiger partial charge is 0.229 e. The molecule has 0 aliphatic carbocycles. The summed E-state index contributed by atoms with van der Waals surface area (Å²) in [6, 6.07) is 12.3. The predicted molar refractivity (Wildman–Crippen MR) is 105 cm³/mol. The molecule has 0 unspecified atom stereocenters. The number of methoxy groups -OCH3 is 2. The fourth-order valence-corrected chi connectivity index (χ4v) is 2.71. The lowest BCUT2D eigenvalue weighted by Gasteiger charge is -2.13. The molecule has 0 saturated carbocycles. The van der Waals surface area contributed by atoms with Gasteiger partial charge in [-0.25, -0.2) is 4.98 Å². The SMILES string of the molecule is COc1ccc(OC)c(Nc2ccnc(Nc3ccc(Cl)cc3Cl)n2)c1. The number of hydrogen-bond acceptors (Lipinski definition) is 6. The van der Waals surface area contributed by atoms with Crippen LogP contribution in [0.4, 0.5) is 23.1 Å². The molecule has 3 rings (SSSR count). The number of benzene rings is 2. The van der Waals surface area contributed by atoms with E-state index in [-0.39, 0.29) is 0 Å². The van der Waals surface area contributed by atoms with E-state index in [0.29, 0.717) is 39.0 Å². The van der Waals surface area contributed by atoms with Gasteiger partial charge >= 0.3 is 0 Å². The van der Waals surface area contributed by atoms with E-state index in [1.807, 2.05) is 18.2 Å². The maximum absolute atomic E-state index is 6.17. The first-order valence-corrected chi connectivity index (χ1v) is 8.39. The van der Waals surface area contributed by atoms with Gasteiger partial charge in [-0.05, 0) is 36.4 Å². The fraction of sp³-hybridized carbons (Fsp3) is 0.111. The summed E-state index contributed by atoms with van der Waals surface area (Å²) in [5.41, 5.74) is 1.38. The number of hydrogen-bond donors (Lipinski definition) is 2. The standard InChI is InChI=1S/C18H16Cl2N4O2/c1-25-12-4-6-16(26-2)15(10-12)22-17-7-8-21-18(24-17)23-14-5-3-11(19)9-13(14)20/h3-10H,1-2H3,(H2,21,22,23,24). The van der Waals surface area contributed by atoms with Crippen LogP contribution in [0.25, 0.3) is 0 Å². The Kier molecular flexibility index (Phi) is 5.65. The number of anilines is 4. The van der Waals surface area contributed by atoms with Gasteiger partial charge in [0.2, 0.25) is 5.95 Å². The van der Waals surface area contributed by atoms with Crippen LogP contribution in [0.1, 0.15) is 0 Å². The van der Waals surface area contributed by atoms with E-state index < -0.39 is 0 Å². The molecule has 8 heteroatoms. The Labute approximate surface area is 161 Å². The van der Waals surface area contributed by atoms with Gasteiger partial charge in [0, 0.05) is 17.3 Å². The third kappa shape index (κ3) is 4.28. The second-order valence-electron chi connectivity index (χ2n) is 5.21.